The number of benzene rings is 1. The number of halogens is 3. The fourth-order valence-electron chi connectivity index (χ4n) is 5.24. The van der Waals surface area contributed by atoms with Gasteiger partial charge in [0.25, 0.3) is 0 Å². The van der Waals surface area contributed by atoms with Crippen molar-refractivity contribution in [1.82, 2.24) is 19.6 Å². The number of nitrogens with zero attached hydrogens (tertiary/aromatic N) is 5. The standard InChI is InChI=1S/C25H33F3N6O3/c1-16-4-7-21(29)34(16)20-14-18(25(26,27)28)6-5-17(20)15-31(3)24(2)9-12-32(13-10-24)23(37)33-11-8-19(30-33)22(35)36/h5-6,8,11,14,16,21H,4,7,9-10,12-13,15,29H2,1-3H3,(H,35,36)/t16-,21+/m1/s1. The van der Waals surface area contributed by atoms with Gasteiger partial charge in [-0.25, -0.2) is 9.59 Å². The number of likely N-dealkylation sites (tertiary alicyclic amines) is 1. The van der Waals surface area contributed by atoms with E-state index in [4.69, 9.17) is 10.8 Å². The van der Waals surface area contributed by atoms with Crippen LogP contribution in [0.2, 0.25) is 0 Å². The minimum absolute atomic E-state index is 0.0383. The van der Waals surface area contributed by atoms with E-state index in [0.717, 1.165) is 29.2 Å². The number of amides is 1. The summed E-state index contributed by atoms with van der Waals surface area (Å²) in [4.78, 5) is 29.5. The van der Waals surface area contributed by atoms with E-state index < -0.39 is 17.7 Å². The molecule has 1 aromatic carbocycles. The van der Waals surface area contributed by atoms with Crippen molar-refractivity contribution in [3.63, 3.8) is 0 Å². The molecule has 202 valence electrons. The van der Waals surface area contributed by atoms with Crippen LogP contribution in [0, 0.1) is 0 Å². The Balaban J connectivity index is 1.49. The zero-order valence-corrected chi connectivity index (χ0v) is 21.2. The van der Waals surface area contributed by atoms with Crippen molar-refractivity contribution in [1.29, 1.82) is 0 Å². The maximum Gasteiger partial charge on any atom is 0.416 e. The first-order valence-corrected chi connectivity index (χ1v) is 12.3. The number of anilines is 1. The number of carboxylic acid groups (broad SMARTS) is 1. The SMILES string of the molecule is C[C@@H]1CC[C@@H](N)N1c1cc(C(F)(F)F)ccc1CN(C)C1(C)CCN(C(=O)n2ccc(C(=O)O)n2)CC1. The van der Waals surface area contributed by atoms with Crippen LogP contribution in [-0.2, 0) is 12.7 Å². The number of nitrogens with two attached hydrogens (primary N) is 1. The second-order valence-corrected chi connectivity index (χ2v) is 10.3. The molecule has 2 atom stereocenters. The number of aromatic nitrogens is 2. The first-order chi connectivity index (χ1) is 17.3. The summed E-state index contributed by atoms with van der Waals surface area (Å²) >= 11 is 0. The molecule has 37 heavy (non-hydrogen) atoms. The molecule has 0 spiro atoms. The summed E-state index contributed by atoms with van der Waals surface area (Å²) in [6.45, 7) is 5.37. The van der Waals surface area contributed by atoms with Crippen LogP contribution in [0.3, 0.4) is 0 Å². The van der Waals surface area contributed by atoms with Gasteiger partial charge in [-0.2, -0.15) is 23.0 Å². The van der Waals surface area contributed by atoms with Crippen molar-refractivity contribution in [2.75, 3.05) is 25.0 Å². The van der Waals surface area contributed by atoms with Gasteiger partial charge in [0, 0.05) is 43.1 Å². The van der Waals surface area contributed by atoms with Crippen LogP contribution in [0.4, 0.5) is 23.7 Å². The molecule has 0 bridgehead atoms. The third-order valence-electron chi connectivity index (χ3n) is 7.85. The first kappa shape index (κ1) is 26.9. The van der Waals surface area contributed by atoms with Crippen molar-refractivity contribution in [2.45, 2.75) is 70.0 Å². The second-order valence-electron chi connectivity index (χ2n) is 10.3. The Morgan fingerprint density at radius 2 is 1.89 bits per heavy atom. The largest absolute Gasteiger partial charge is 0.476 e. The topological polar surface area (TPSA) is 108 Å². The van der Waals surface area contributed by atoms with Gasteiger partial charge in [-0.15, -0.1) is 0 Å². The lowest BCUT2D eigenvalue weighted by atomic mass is 9.87. The number of hydrogen-bond acceptors (Lipinski definition) is 6. The minimum Gasteiger partial charge on any atom is -0.476 e. The van der Waals surface area contributed by atoms with Crippen LogP contribution >= 0.6 is 0 Å². The zero-order chi connectivity index (χ0) is 27.1. The lowest BCUT2D eigenvalue weighted by molar-refractivity contribution is -0.137. The number of carbonyl (C=O) groups is 2. The average molecular weight is 523 g/mol. The van der Waals surface area contributed by atoms with Crippen LogP contribution in [0.5, 0.6) is 0 Å². The van der Waals surface area contributed by atoms with Gasteiger partial charge in [-0.3, -0.25) is 4.90 Å². The van der Waals surface area contributed by atoms with Gasteiger partial charge in [-0.05, 0) is 70.3 Å². The van der Waals surface area contributed by atoms with E-state index in [-0.39, 0.29) is 29.5 Å². The van der Waals surface area contributed by atoms with Crippen molar-refractivity contribution < 1.29 is 27.9 Å². The molecule has 2 aliphatic heterocycles. The van der Waals surface area contributed by atoms with Gasteiger partial charge in [0.05, 0.1) is 11.7 Å². The summed E-state index contributed by atoms with van der Waals surface area (Å²) in [5, 5.41) is 12.9. The number of rotatable bonds is 5. The minimum atomic E-state index is -4.45. The molecule has 0 unspecified atom stereocenters. The van der Waals surface area contributed by atoms with Crippen LogP contribution in [0.25, 0.3) is 0 Å². The van der Waals surface area contributed by atoms with Crippen molar-refractivity contribution in [3.8, 4) is 0 Å². The molecule has 2 fully saturated rings. The average Bonchev–Trinajstić information content (AvgIpc) is 3.46. The quantitative estimate of drug-likeness (QED) is 0.615. The molecule has 1 aromatic heterocycles. The number of alkyl halides is 3. The van der Waals surface area contributed by atoms with Crippen LogP contribution in [0.1, 0.15) is 61.1 Å². The first-order valence-electron chi connectivity index (χ1n) is 12.3. The Labute approximate surface area is 213 Å². The number of carboxylic acids is 1. The molecule has 12 heteroatoms. The van der Waals surface area contributed by atoms with Crippen LogP contribution < -0.4 is 10.6 Å². The molecule has 4 rings (SSSR count). The molecule has 2 saturated heterocycles. The molecular formula is C25H33F3N6O3. The second kappa shape index (κ2) is 9.97. The third-order valence-corrected chi connectivity index (χ3v) is 7.85. The lowest BCUT2D eigenvalue weighted by Crippen LogP contribution is -2.53. The number of aromatic carboxylic acids is 1. The highest BCUT2D eigenvalue weighted by Gasteiger charge is 2.38. The van der Waals surface area contributed by atoms with Crippen LogP contribution in [-0.4, -0.2) is 74.6 Å². The maximum absolute atomic E-state index is 13.5. The molecule has 3 N–H and O–H groups in total. The highest BCUT2D eigenvalue weighted by Crippen LogP contribution is 2.38. The van der Waals surface area contributed by atoms with Crippen LogP contribution in [0.15, 0.2) is 30.5 Å². The summed E-state index contributed by atoms with van der Waals surface area (Å²) in [7, 11) is 1.94. The molecule has 0 radical (unpaired) electrons. The summed E-state index contributed by atoms with van der Waals surface area (Å²) in [5.41, 5.74) is 6.39. The summed E-state index contributed by atoms with van der Waals surface area (Å²) in [6.07, 6.45) is -0.636. The zero-order valence-electron chi connectivity index (χ0n) is 21.2. The van der Waals surface area contributed by atoms with Crippen molar-refractivity contribution >= 4 is 17.7 Å². The van der Waals surface area contributed by atoms with Crippen molar-refractivity contribution in [3.05, 3.63) is 47.3 Å². The molecule has 9 nitrogen and oxygen atoms in total. The molecule has 0 aliphatic carbocycles. The van der Waals surface area contributed by atoms with E-state index >= 15 is 0 Å². The van der Waals surface area contributed by atoms with E-state index in [2.05, 4.69) is 16.9 Å². The van der Waals surface area contributed by atoms with Gasteiger partial charge in [0.1, 0.15) is 0 Å². The Bertz CT molecular complexity index is 1150. The van der Waals surface area contributed by atoms with E-state index in [1.165, 1.54) is 18.3 Å². The fourth-order valence-corrected chi connectivity index (χ4v) is 5.24. The number of carbonyl (C=O) groups excluding carboxylic acids is 1. The Morgan fingerprint density at radius 1 is 1.22 bits per heavy atom. The van der Waals surface area contributed by atoms with Crippen molar-refractivity contribution in [2.24, 2.45) is 5.73 Å². The lowest BCUT2D eigenvalue weighted by Gasteiger charge is -2.45. The number of hydrogen-bond donors (Lipinski definition) is 2. The molecule has 3 heterocycles. The Hall–Kier alpha value is -3.12. The molecule has 2 aromatic rings. The molecule has 2 aliphatic rings. The highest BCUT2D eigenvalue weighted by molar-refractivity contribution is 5.86. The fraction of sp³-hybridized carbons (Fsp3) is 0.560. The summed E-state index contributed by atoms with van der Waals surface area (Å²) in [5.74, 6) is -1.20. The third kappa shape index (κ3) is 5.45. The molecular weight excluding hydrogens is 489 g/mol. The monoisotopic (exact) mass is 522 g/mol. The summed E-state index contributed by atoms with van der Waals surface area (Å²) < 4.78 is 41.6. The van der Waals surface area contributed by atoms with Gasteiger partial charge in [0.2, 0.25) is 0 Å². The number of piperidine rings is 1. The predicted octanol–water partition coefficient (Wildman–Crippen LogP) is 3.83. The van der Waals surface area contributed by atoms with Gasteiger partial charge < -0.3 is 20.6 Å². The predicted molar refractivity (Wildman–Crippen MR) is 131 cm³/mol. The smallest absolute Gasteiger partial charge is 0.416 e. The van der Waals surface area contributed by atoms with Gasteiger partial charge >= 0.3 is 18.2 Å². The summed E-state index contributed by atoms with van der Waals surface area (Å²) in [6, 6.07) is 4.81. The van der Waals surface area contributed by atoms with E-state index in [9.17, 15) is 22.8 Å². The van der Waals surface area contributed by atoms with Gasteiger partial charge in [0.15, 0.2) is 5.69 Å². The van der Waals surface area contributed by atoms with E-state index in [1.807, 2.05) is 18.9 Å². The van der Waals surface area contributed by atoms with E-state index in [1.54, 1.807) is 11.0 Å². The highest BCUT2D eigenvalue weighted by atomic mass is 19.4. The van der Waals surface area contributed by atoms with Gasteiger partial charge in [-0.1, -0.05) is 6.07 Å². The maximum atomic E-state index is 13.5. The molecule has 0 saturated carbocycles. The Kier molecular flexibility index (Phi) is 7.26. The van der Waals surface area contributed by atoms with E-state index in [0.29, 0.717) is 38.2 Å². The molecule has 1 amide bonds. The Morgan fingerprint density at radius 3 is 2.43 bits per heavy atom. The normalized spacial score (nSPS) is 22.1.